The molecule has 0 saturated heterocycles. The van der Waals surface area contributed by atoms with E-state index >= 15 is 0 Å². The second-order valence-electron chi connectivity index (χ2n) is 8.76. The first kappa shape index (κ1) is 26.3. The predicted molar refractivity (Wildman–Crippen MR) is 132 cm³/mol. The van der Waals surface area contributed by atoms with Gasteiger partial charge in [0.05, 0.1) is 0 Å². The smallest absolute Gasteiger partial charge is 0.485 e. The Kier molecular flexibility index (Phi) is 12.0. The minimum atomic E-state index is -6.09. The van der Waals surface area contributed by atoms with Crippen LogP contribution in [0.4, 0.5) is 13.2 Å². The van der Waals surface area contributed by atoms with Crippen molar-refractivity contribution in [2.45, 2.75) is 66.6 Å². The van der Waals surface area contributed by atoms with Crippen LogP contribution in [0.25, 0.3) is 11.3 Å². The molecular formula is C25H38F3IrNO5S-2. The van der Waals surface area contributed by atoms with Gasteiger partial charge in [-0.25, -0.2) is 8.42 Å². The SMILES string of the molecule is CO.CO.O=S(=O)([O-])C(F)(F)F.[2H]C([2H])([2H])c1c[c-]c(-c2cc(C([2H])([2H])C(C)(C)C)c(C([2H])([2H])C(C)(C)C)cn2)cc1.[Ir]. The van der Waals surface area contributed by atoms with Crippen LogP contribution < -0.4 is 0 Å². The molecule has 0 amide bonds. The number of aryl methyl sites for hydroxylation is 1. The number of aromatic nitrogens is 1. The van der Waals surface area contributed by atoms with E-state index in [0.717, 1.165) is 14.2 Å². The number of pyridine rings is 1. The van der Waals surface area contributed by atoms with Crippen molar-refractivity contribution in [3.63, 3.8) is 0 Å². The summed E-state index contributed by atoms with van der Waals surface area (Å²) in [5.74, 6) is 0. The molecule has 0 aliphatic heterocycles. The van der Waals surface area contributed by atoms with E-state index in [0.29, 0.717) is 11.3 Å². The molecule has 2 rings (SSSR count). The summed E-state index contributed by atoms with van der Waals surface area (Å²) in [5, 5.41) is 14.0. The first-order valence-electron chi connectivity index (χ1n) is 13.5. The zero-order valence-corrected chi connectivity index (χ0v) is 24.5. The molecule has 1 heterocycles. The van der Waals surface area contributed by atoms with Gasteiger partial charge < -0.3 is 19.7 Å². The summed E-state index contributed by atoms with van der Waals surface area (Å²) in [7, 11) is -4.09. The molecule has 11 heteroatoms. The van der Waals surface area contributed by atoms with Gasteiger partial charge in [-0.3, -0.25) is 0 Å². The second-order valence-corrected chi connectivity index (χ2v) is 10.1. The maximum atomic E-state index is 10.7. The van der Waals surface area contributed by atoms with Crippen molar-refractivity contribution in [2.75, 3.05) is 14.2 Å². The van der Waals surface area contributed by atoms with Gasteiger partial charge in [-0.05, 0) is 40.4 Å². The summed E-state index contributed by atoms with van der Waals surface area (Å²) in [6.45, 7) is 8.43. The minimum Gasteiger partial charge on any atom is -0.741 e. The monoisotopic (exact) mass is 721 g/mol. The van der Waals surface area contributed by atoms with Gasteiger partial charge in [-0.1, -0.05) is 54.5 Å². The Labute approximate surface area is 237 Å². The summed E-state index contributed by atoms with van der Waals surface area (Å²) >= 11 is 0. The number of aliphatic hydroxyl groups is 2. The molecule has 0 atom stereocenters. The van der Waals surface area contributed by atoms with Gasteiger partial charge in [-0.2, -0.15) is 13.2 Å². The second kappa shape index (κ2) is 16.5. The third-order valence-corrected chi connectivity index (χ3v) is 3.86. The Bertz CT molecular complexity index is 1250. The van der Waals surface area contributed by atoms with Crippen LogP contribution in [0.15, 0.2) is 30.5 Å². The van der Waals surface area contributed by atoms with Crippen molar-refractivity contribution in [3.05, 3.63) is 53.2 Å². The van der Waals surface area contributed by atoms with Gasteiger partial charge in [0.15, 0.2) is 10.1 Å². The number of hydrogen-bond donors (Lipinski definition) is 2. The summed E-state index contributed by atoms with van der Waals surface area (Å²) in [5.41, 5.74) is -5.63. The van der Waals surface area contributed by atoms with Gasteiger partial charge >= 0.3 is 5.51 Å². The molecule has 0 aliphatic carbocycles. The molecule has 211 valence electrons. The first-order valence-corrected chi connectivity index (χ1v) is 11.4. The van der Waals surface area contributed by atoms with Crippen LogP contribution in [0.5, 0.6) is 0 Å². The molecule has 0 aliphatic rings. The van der Waals surface area contributed by atoms with E-state index in [2.05, 4.69) is 11.1 Å². The molecule has 0 spiro atoms. The van der Waals surface area contributed by atoms with E-state index in [9.17, 15) is 13.2 Å². The minimum absolute atomic E-state index is 0. The van der Waals surface area contributed by atoms with Crippen molar-refractivity contribution >= 4 is 10.1 Å². The van der Waals surface area contributed by atoms with Crippen LogP contribution in [-0.4, -0.2) is 47.9 Å². The summed E-state index contributed by atoms with van der Waals surface area (Å²) in [4.78, 5) is 4.40. The standard InChI is InChI=1S/C22H30N.CHF3O3S.2CH4O.Ir/c1-16-8-10-17(11-9-16)20-12-18(13-21(2,3)4)19(15-23-20)14-22(5,6)7;2-1(3,4)8(5,6)7;2*1-2;/h8-10,12,15H,13-14H2,1-7H3;(H,5,6,7);2*2H,1H3;/q-1;;;;/p-1/i1D3,13D2,14D2;;;;. The maximum absolute atomic E-state index is 10.7. The Morgan fingerprint density at radius 2 is 1.44 bits per heavy atom. The quantitative estimate of drug-likeness (QED) is 0.253. The Morgan fingerprint density at radius 1 is 1.00 bits per heavy atom. The Morgan fingerprint density at radius 3 is 1.78 bits per heavy atom. The van der Waals surface area contributed by atoms with E-state index in [-0.39, 0.29) is 36.8 Å². The van der Waals surface area contributed by atoms with Crippen LogP contribution in [0, 0.1) is 23.7 Å². The third-order valence-electron chi connectivity index (χ3n) is 3.30. The molecular weight excluding hydrogens is 676 g/mol. The fourth-order valence-electron chi connectivity index (χ4n) is 2.20. The van der Waals surface area contributed by atoms with E-state index in [1.54, 1.807) is 53.7 Å². The van der Waals surface area contributed by atoms with Gasteiger partial charge in [-0.15, -0.1) is 35.4 Å². The number of halogens is 3. The topological polar surface area (TPSA) is 111 Å². The maximum Gasteiger partial charge on any atom is 0.485 e. The Balaban J connectivity index is -0.00000105. The van der Waals surface area contributed by atoms with Crippen LogP contribution in [0.1, 0.15) is 67.8 Å². The number of benzene rings is 1. The van der Waals surface area contributed by atoms with Crippen LogP contribution >= 0.6 is 0 Å². The first-order chi connectivity index (χ1) is 18.5. The Hall–Kier alpha value is -1.36. The summed E-state index contributed by atoms with van der Waals surface area (Å²) in [6, 6.07) is 8.98. The number of aliphatic hydroxyl groups excluding tert-OH is 2. The average molecular weight is 721 g/mol. The molecule has 1 radical (unpaired) electrons. The zero-order chi connectivity index (χ0) is 34.3. The average Bonchev–Trinajstić information content (AvgIpc) is 2.83. The number of rotatable bonds is 3. The molecule has 2 aromatic rings. The van der Waals surface area contributed by atoms with Crippen molar-refractivity contribution < 1.29 is 66.1 Å². The van der Waals surface area contributed by atoms with Gasteiger partial charge in [0.1, 0.15) is 0 Å². The van der Waals surface area contributed by atoms with Crippen LogP contribution in [0.3, 0.4) is 0 Å². The molecule has 1 aromatic heterocycles. The molecule has 0 unspecified atom stereocenters. The molecule has 36 heavy (non-hydrogen) atoms. The summed E-state index contributed by atoms with van der Waals surface area (Å²) < 4.78 is 116. The van der Waals surface area contributed by atoms with E-state index in [1.807, 2.05) is 0 Å². The largest absolute Gasteiger partial charge is 0.741 e. The fraction of sp³-hybridized carbons (Fsp3) is 0.560. The number of alkyl halides is 3. The van der Waals surface area contributed by atoms with E-state index in [4.69, 9.17) is 32.8 Å². The van der Waals surface area contributed by atoms with Crippen molar-refractivity contribution in [3.8, 4) is 11.3 Å². The van der Waals surface area contributed by atoms with Gasteiger partial charge in [0.25, 0.3) is 0 Å². The van der Waals surface area contributed by atoms with Crippen molar-refractivity contribution in [1.82, 2.24) is 4.98 Å². The number of nitrogens with zero attached hydrogens (tertiary/aromatic N) is 1. The molecule has 1 aromatic carbocycles. The number of hydrogen-bond acceptors (Lipinski definition) is 6. The molecule has 0 bridgehead atoms. The normalized spacial score (nSPS) is 15.4. The predicted octanol–water partition coefficient (Wildman–Crippen LogP) is 5.30. The van der Waals surface area contributed by atoms with Gasteiger partial charge in [0, 0.05) is 50.1 Å². The van der Waals surface area contributed by atoms with Gasteiger partial charge in [0.2, 0.25) is 0 Å². The van der Waals surface area contributed by atoms with Crippen molar-refractivity contribution in [1.29, 1.82) is 0 Å². The molecule has 6 nitrogen and oxygen atoms in total. The van der Waals surface area contributed by atoms with Crippen LogP contribution in [-0.2, 0) is 43.0 Å². The van der Waals surface area contributed by atoms with Crippen molar-refractivity contribution in [2.24, 2.45) is 10.8 Å². The molecule has 0 fully saturated rings. The fourth-order valence-corrected chi connectivity index (χ4v) is 2.20. The van der Waals surface area contributed by atoms with Crippen LogP contribution in [0.2, 0.25) is 0 Å². The molecule has 2 N–H and O–H groups in total. The van der Waals surface area contributed by atoms with E-state index < -0.39 is 46.1 Å². The van der Waals surface area contributed by atoms with E-state index in [1.165, 1.54) is 18.3 Å². The zero-order valence-electron chi connectivity index (χ0n) is 28.3. The summed E-state index contributed by atoms with van der Waals surface area (Å²) in [6.07, 6.45) is -2.25. The molecule has 0 saturated carbocycles. The third kappa shape index (κ3) is 16.4.